The van der Waals surface area contributed by atoms with E-state index in [9.17, 15) is 18.9 Å². The fraction of sp³-hybridized carbons (Fsp3) is 0.435. The first-order chi connectivity index (χ1) is 16.1. The van der Waals surface area contributed by atoms with Crippen molar-refractivity contribution in [3.8, 4) is 0 Å². The van der Waals surface area contributed by atoms with Gasteiger partial charge in [-0.1, -0.05) is 42.5 Å². The van der Waals surface area contributed by atoms with Crippen molar-refractivity contribution >= 4 is 47.9 Å². The van der Waals surface area contributed by atoms with Crippen LogP contribution in [0.3, 0.4) is 0 Å². The summed E-state index contributed by atoms with van der Waals surface area (Å²) in [6, 6.07) is 12.0. The monoisotopic (exact) mass is 507 g/mol. The summed E-state index contributed by atoms with van der Waals surface area (Å²) in [5, 5.41) is 4.83. The fourth-order valence-electron chi connectivity index (χ4n) is 4.08. The number of fused-ring (bicyclic) bond motifs is 1. The van der Waals surface area contributed by atoms with Crippen molar-refractivity contribution in [1.82, 2.24) is 10.2 Å². The molecule has 5 N–H and O–H groups in total. The summed E-state index contributed by atoms with van der Waals surface area (Å²) in [5.74, 6) is -1.06. The zero-order valence-corrected chi connectivity index (χ0v) is 20.5. The minimum absolute atomic E-state index is 0.0742. The van der Waals surface area contributed by atoms with Crippen LogP contribution < -0.4 is 11.1 Å². The lowest BCUT2D eigenvalue weighted by Crippen LogP contribution is -2.56. The standard InChI is InChI=1S/C23H30N3O6PS/c24-22(28)19(14-16-8-9-17-5-1-2-6-18(17)13-16)25-23(29)20-7-3-4-11-26(20)21(27)10-12-34-15-33(30,31)32/h1-2,5-6,8-9,13,19-20H,3-4,7,10-12,14-15H2,(H2,24,28)(H,25,29)(H2,30,31,32). The second-order valence-corrected chi connectivity index (χ2v) is 11.6. The van der Waals surface area contributed by atoms with Crippen molar-refractivity contribution in [1.29, 1.82) is 0 Å². The first kappa shape index (κ1) is 26.2. The molecule has 9 nitrogen and oxygen atoms in total. The van der Waals surface area contributed by atoms with E-state index in [0.717, 1.165) is 40.9 Å². The van der Waals surface area contributed by atoms with Gasteiger partial charge in [-0.15, -0.1) is 11.8 Å². The van der Waals surface area contributed by atoms with Gasteiger partial charge in [0, 0.05) is 25.1 Å². The predicted octanol–water partition coefficient (Wildman–Crippen LogP) is 1.99. The number of thioether (sulfide) groups is 1. The van der Waals surface area contributed by atoms with Crippen LogP contribution in [0.5, 0.6) is 0 Å². The number of amides is 3. The van der Waals surface area contributed by atoms with E-state index in [-0.39, 0.29) is 30.0 Å². The molecule has 0 radical (unpaired) electrons. The van der Waals surface area contributed by atoms with Gasteiger partial charge in [-0.3, -0.25) is 18.9 Å². The molecule has 2 unspecified atom stereocenters. The predicted molar refractivity (Wildman–Crippen MR) is 132 cm³/mol. The number of carbonyl (C=O) groups excluding carboxylic acids is 3. The van der Waals surface area contributed by atoms with Gasteiger partial charge in [-0.25, -0.2) is 0 Å². The number of likely N-dealkylation sites (tertiary alicyclic amines) is 1. The Bertz CT molecular complexity index is 1090. The molecule has 1 fully saturated rings. The average molecular weight is 508 g/mol. The summed E-state index contributed by atoms with van der Waals surface area (Å²) in [7, 11) is -4.12. The number of carbonyl (C=O) groups is 3. The normalized spacial score (nSPS) is 17.4. The number of benzene rings is 2. The Labute approximate surface area is 202 Å². The minimum atomic E-state index is -4.12. The Morgan fingerprint density at radius 1 is 1.15 bits per heavy atom. The lowest BCUT2D eigenvalue weighted by atomic mass is 9.98. The molecule has 0 saturated carbocycles. The van der Waals surface area contributed by atoms with Crippen LogP contribution in [0.4, 0.5) is 0 Å². The molecule has 0 bridgehead atoms. The molecule has 1 saturated heterocycles. The van der Waals surface area contributed by atoms with Crippen LogP contribution in [0.2, 0.25) is 0 Å². The first-order valence-corrected chi connectivity index (χ1v) is 14.1. The van der Waals surface area contributed by atoms with E-state index >= 15 is 0 Å². The Kier molecular flexibility index (Phi) is 9.13. The summed E-state index contributed by atoms with van der Waals surface area (Å²) in [5.41, 5.74) is 6.10. The smallest absolute Gasteiger partial charge is 0.335 e. The Balaban J connectivity index is 1.62. The van der Waals surface area contributed by atoms with Crippen LogP contribution in [-0.2, 0) is 25.4 Å². The fourth-order valence-corrected chi connectivity index (χ4v) is 5.87. The third kappa shape index (κ3) is 7.56. The van der Waals surface area contributed by atoms with Crippen LogP contribution in [0.1, 0.15) is 31.2 Å². The van der Waals surface area contributed by atoms with Crippen LogP contribution in [0.15, 0.2) is 42.5 Å². The largest absolute Gasteiger partial charge is 0.368 e. The van der Waals surface area contributed by atoms with Crippen molar-refractivity contribution in [2.24, 2.45) is 5.73 Å². The molecule has 0 spiro atoms. The highest BCUT2D eigenvalue weighted by Crippen LogP contribution is 2.38. The van der Waals surface area contributed by atoms with Crippen LogP contribution in [0.25, 0.3) is 10.8 Å². The Morgan fingerprint density at radius 2 is 1.88 bits per heavy atom. The number of piperidine rings is 1. The van der Waals surface area contributed by atoms with Crippen molar-refractivity contribution in [2.75, 3.05) is 17.8 Å². The molecule has 1 heterocycles. The third-order valence-electron chi connectivity index (χ3n) is 5.76. The third-order valence-corrected chi connectivity index (χ3v) is 8.33. The van der Waals surface area contributed by atoms with Crippen LogP contribution in [-0.4, -0.2) is 62.3 Å². The molecule has 2 aromatic carbocycles. The van der Waals surface area contributed by atoms with Gasteiger partial charge >= 0.3 is 7.60 Å². The number of hydrogen-bond acceptors (Lipinski definition) is 5. The van der Waals surface area contributed by atoms with Gasteiger partial charge in [0.05, 0.1) is 5.49 Å². The Morgan fingerprint density at radius 3 is 2.59 bits per heavy atom. The minimum Gasteiger partial charge on any atom is -0.368 e. The van der Waals surface area contributed by atoms with E-state index in [1.54, 1.807) is 0 Å². The second-order valence-electron chi connectivity index (χ2n) is 8.40. The highest BCUT2D eigenvalue weighted by molar-refractivity contribution is 8.04. The molecule has 184 valence electrons. The summed E-state index contributed by atoms with van der Waals surface area (Å²) in [6.45, 7) is 0.423. The molecule has 1 aliphatic heterocycles. The van der Waals surface area contributed by atoms with Gasteiger partial charge < -0.3 is 25.7 Å². The SMILES string of the molecule is NC(=O)C(Cc1ccc2ccccc2c1)NC(=O)C1CCCCN1C(=O)CCSCP(=O)(O)O. The maximum absolute atomic E-state index is 13.1. The zero-order chi connectivity index (χ0) is 24.7. The van der Waals surface area contributed by atoms with E-state index in [1.807, 2.05) is 42.5 Å². The number of primary amides is 1. The van der Waals surface area contributed by atoms with Crippen molar-refractivity contribution in [3.05, 3.63) is 48.0 Å². The van der Waals surface area contributed by atoms with E-state index in [2.05, 4.69) is 5.32 Å². The highest BCUT2D eigenvalue weighted by atomic mass is 32.2. The molecule has 1 aliphatic rings. The average Bonchev–Trinajstić information content (AvgIpc) is 2.80. The Hall–Kier alpha value is -2.39. The van der Waals surface area contributed by atoms with Gasteiger partial charge in [0.2, 0.25) is 17.7 Å². The summed E-state index contributed by atoms with van der Waals surface area (Å²) >= 11 is 1.01. The molecule has 2 atom stereocenters. The lowest BCUT2D eigenvalue weighted by Gasteiger charge is -2.35. The molecule has 11 heteroatoms. The van der Waals surface area contributed by atoms with Gasteiger partial charge in [0.25, 0.3) is 0 Å². The van der Waals surface area contributed by atoms with Crippen LogP contribution >= 0.6 is 19.4 Å². The van der Waals surface area contributed by atoms with E-state index in [4.69, 9.17) is 15.5 Å². The van der Waals surface area contributed by atoms with E-state index in [0.29, 0.717) is 13.0 Å². The molecule has 0 aromatic heterocycles. The quantitative estimate of drug-likeness (QED) is 0.284. The van der Waals surface area contributed by atoms with E-state index < -0.39 is 31.5 Å². The van der Waals surface area contributed by atoms with Crippen molar-refractivity contribution in [3.63, 3.8) is 0 Å². The highest BCUT2D eigenvalue weighted by Gasteiger charge is 2.33. The first-order valence-electron chi connectivity index (χ1n) is 11.1. The van der Waals surface area contributed by atoms with E-state index in [1.165, 1.54) is 4.90 Å². The number of nitrogens with one attached hydrogen (secondary N) is 1. The lowest BCUT2D eigenvalue weighted by molar-refractivity contribution is -0.142. The molecular formula is C23H30N3O6PS. The molecule has 0 aliphatic carbocycles. The van der Waals surface area contributed by atoms with Gasteiger partial charge in [-0.05, 0) is 35.6 Å². The number of rotatable bonds is 10. The summed E-state index contributed by atoms with van der Waals surface area (Å²) in [4.78, 5) is 57.3. The number of hydrogen-bond donors (Lipinski definition) is 4. The van der Waals surface area contributed by atoms with Crippen LogP contribution in [0, 0.1) is 0 Å². The molecule has 3 rings (SSSR count). The molecule has 34 heavy (non-hydrogen) atoms. The summed E-state index contributed by atoms with van der Waals surface area (Å²) < 4.78 is 11.0. The second kappa shape index (κ2) is 11.8. The van der Waals surface area contributed by atoms with Gasteiger partial charge in [0.1, 0.15) is 12.1 Å². The molecule has 2 aromatic rings. The zero-order valence-electron chi connectivity index (χ0n) is 18.8. The topological polar surface area (TPSA) is 150 Å². The summed E-state index contributed by atoms with van der Waals surface area (Å²) in [6.07, 6.45) is 2.34. The maximum Gasteiger partial charge on any atom is 0.335 e. The maximum atomic E-state index is 13.1. The number of nitrogens with zero attached hydrogens (tertiary/aromatic N) is 1. The molecule has 3 amide bonds. The van der Waals surface area contributed by atoms with Gasteiger partial charge in [-0.2, -0.15) is 0 Å². The molecular weight excluding hydrogens is 477 g/mol. The van der Waals surface area contributed by atoms with Gasteiger partial charge in [0.15, 0.2) is 0 Å². The van der Waals surface area contributed by atoms with Crippen molar-refractivity contribution in [2.45, 2.75) is 44.2 Å². The van der Waals surface area contributed by atoms with Crippen molar-refractivity contribution < 1.29 is 28.7 Å². The number of nitrogens with two attached hydrogens (primary N) is 1.